The Hall–Kier alpha value is -1.87. The van der Waals surface area contributed by atoms with Crippen LogP contribution in [0.2, 0.25) is 0 Å². The molecule has 0 saturated heterocycles. The maximum atomic E-state index is 12.8. The van der Waals surface area contributed by atoms with Gasteiger partial charge in [0.2, 0.25) is 0 Å². The minimum Gasteiger partial charge on any atom is -0.469 e. The van der Waals surface area contributed by atoms with Crippen molar-refractivity contribution in [1.29, 1.82) is 0 Å². The molecule has 9 heteroatoms. The number of carbonyl (C=O) groups excluding carboxylic acids is 3. The second kappa shape index (κ2) is 11.9. The first kappa shape index (κ1) is 30.1. The topological polar surface area (TPSA) is 131 Å². The first-order valence-corrected chi connectivity index (χ1v) is 14.9. The van der Waals surface area contributed by atoms with Gasteiger partial charge >= 0.3 is 18.0 Å². The van der Waals surface area contributed by atoms with Crippen molar-refractivity contribution in [1.82, 2.24) is 5.32 Å². The number of carbonyl (C=O) groups is 3. The SMILES string of the molecule is COC(=O)CC[C@@H](C)[C@H]1CC[C@H]2[C@@H]3[C@H](OC(=O)NCCO)C[C@@H]4C[C@H](OC(C)=O)CC[C@]4(C)[C@H]3C[C@H](O)[C@]12C. The summed E-state index contributed by atoms with van der Waals surface area (Å²) in [6.45, 7) is 8.17. The molecule has 0 aromatic heterocycles. The highest BCUT2D eigenvalue weighted by Gasteiger charge is 2.66. The van der Waals surface area contributed by atoms with Crippen LogP contribution in [-0.2, 0) is 23.8 Å². The molecule has 4 aliphatic carbocycles. The molecule has 3 N–H and O–H groups in total. The average molecular weight is 552 g/mol. The van der Waals surface area contributed by atoms with E-state index in [1.165, 1.54) is 14.0 Å². The Morgan fingerprint density at radius 2 is 1.79 bits per heavy atom. The van der Waals surface area contributed by atoms with Gasteiger partial charge < -0.3 is 29.7 Å². The zero-order valence-electron chi connectivity index (χ0n) is 24.3. The van der Waals surface area contributed by atoms with Gasteiger partial charge in [-0.15, -0.1) is 0 Å². The Bertz CT molecular complexity index is 911. The van der Waals surface area contributed by atoms with Crippen molar-refractivity contribution in [3.63, 3.8) is 0 Å². The molecule has 4 aliphatic rings. The van der Waals surface area contributed by atoms with E-state index in [9.17, 15) is 24.6 Å². The number of amides is 1. The van der Waals surface area contributed by atoms with Crippen molar-refractivity contribution in [2.24, 2.45) is 46.3 Å². The normalized spacial score (nSPS) is 41.8. The number of rotatable bonds is 8. The van der Waals surface area contributed by atoms with Gasteiger partial charge in [0.1, 0.15) is 12.2 Å². The molecule has 0 heterocycles. The molecule has 0 bridgehead atoms. The van der Waals surface area contributed by atoms with Crippen LogP contribution in [0.25, 0.3) is 0 Å². The number of aliphatic hydroxyl groups excluding tert-OH is 2. The van der Waals surface area contributed by atoms with E-state index < -0.39 is 12.2 Å². The first-order valence-electron chi connectivity index (χ1n) is 14.9. The van der Waals surface area contributed by atoms with E-state index in [0.717, 1.165) is 38.5 Å². The summed E-state index contributed by atoms with van der Waals surface area (Å²) in [5, 5.41) is 23.7. The van der Waals surface area contributed by atoms with E-state index in [-0.39, 0.29) is 83.6 Å². The molecule has 0 aromatic carbocycles. The average Bonchev–Trinajstić information content (AvgIpc) is 3.25. The van der Waals surface area contributed by atoms with Crippen LogP contribution in [0.15, 0.2) is 0 Å². The molecule has 0 spiro atoms. The number of nitrogens with one attached hydrogen (secondary N) is 1. The number of alkyl carbamates (subject to hydrolysis) is 1. The molecule has 0 aliphatic heterocycles. The molecule has 4 saturated carbocycles. The Morgan fingerprint density at radius 1 is 1.05 bits per heavy atom. The van der Waals surface area contributed by atoms with E-state index in [1.807, 2.05) is 0 Å². The fourth-order valence-corrected chi connectivity index (χ4v) is 9.54. The highest BCUT2D eigenvalue weighted by molar-refractivity contribution is 5.69. The fourth-order valence-electron chi connectivity index (χ4n) is 9.54. The molecular weight excluding hydrogens is 502 g/mol. The quantitative estimate of drug-likeness (QED) is 0.306. The fraction of sp³-hybridized carbons (Fsp3) is 0.900. The number of fused-ring (bicyclic) bond motifs is 5. The van der Waals surface area contributed by atoms with Crippen LogP contribution in [-0.4, -0.2) is 66.8 Å². The number of hydrogen-bond acceptors (Lipinski definition) is 8. The third kappa shape index (κ3) is 5.67. The summed E-state index contributed by atoms with van der Waals surface area (Å²) in [6.07, 6.45) is 5.39. The number of hydrogen-bond donors (Lipinski definition) is 3. The van der Waals surface area contributed by atoms with E-state index in [0.29, 0.717) is 19.3 Å². The van der Waals surface area contributed by atoms with Crippen molar-refractivity contribution in [3.05, 3.63) is 0 Å². The lowest BCUT2D eigenvalue weighted by atomic mass is 9.43. The molecule has 4 rings (SSSR count). The predicted molar refractivity (Wildman–Crippen MR) is 143 cm³/mol. The maximum Gasteiger partial charge on any atom is 0.407 e. The molecule has 0 unspecified atom stereocenters. The molecular formula is C30H49NO8. The zero-order chi connectivity index (χ0) is 28.5. The van der Waals surface area contributed by atoms with Gasteiger partial charge in [-0.1, -0.05) is 20.8 Å². The van der Waals surface area contributed by atoms with Gasteiger partial charge in [0.05, 0.1) is 19.8 Å². The van der Waals surface area contributed by atoms with E-state index in [1.54, 1.807) is 0 Å². The van der Waals surface area contributed by atoms with Gasteiger partial charge in [-0.05, 0) is 91.8 Å². The van der Waals surface area contributed by atoms with Crippen LogP contribution in [0, 0.1) is 46.3 Å². The van der Waals surface area contributed by atoms with E-state index in [2.05, 4.69) is 26.1 Å². The molecule has 9 nitrogen and oxygen atoms in total. The maximum absolute atomic E-state index is 12.8. The van der Waals surface area contributed by atoms with E-state index >= 15 is 0 Å². The summed E-state index contributed by atoms with van der Waals surface area (Å²) in [5.74, 6) is 0.738. The van der Waals surface area contributed by atoms with Crippen molar-refractivity contribution in [3.8, 4) is 0 Å². The van der Waals surface area contributed by atoms with E-state index in [4.69, 9.17) is 14.2 Å². The van der Waals surface area contributed by atoms with Crippen molar-refractivity contribution >= 4 is 18.0 Å². The van der Waals surface area contributed by atoms with Gasteiger partial charge in [-0.3, -0.25) is 9.59 Å². The molecule has 39 heavy (non-hydrogen) atoms. The number of methoxy groups -OCH3 is 1. The first-order chi connectivity index (χ1) is 18.4. The minimum atomic E-state index is -0.516. The monoisotopic (exact) mass is 551 g/mol. The highest BCUT2D eigenvalue weighted by Crippen LogP contribution is 2.68. The summed E-state index contributed by atoms with van der Waals surface area (Å²) >= 11 is 0. The molecule has 1 amide bonds. The molecule has 0 radical (unpaired) electrons. The lowest BCUT2D eigenvalue weighted by Crippen LogP contribution is -2.63. The molecule has 11 atom stereocenters. The third-order valence-corrected chi connectivity index (χ3v) is 11.5. The Morgan fingerprint density at radius 3 is 2.46 bits per heavy atom. The zero-order valence-corrected chi connectivity index (χ0v) is 24.3. The van der Waals surface area contributed by atoms with Crippen molar-refractivity contribution in [2.75, 3.05) is 20.3 Å². The highest BCUT2D eigenvalue weighted by atomic mass is 16.6. The van der Waals surface area contributed by atoms with Gasteiger partial charge in [0.15, 0.2) is 0 Å². The summed E-state index contributed by atoms with van der Waals surface area (Å²) < 4.78 is 16.6. The van der Waals surface area contributed by atoms with Gasteiger partial charge in [-0.2, -0.15) is 0 Å². The molecule has 0 aromatic rings. The number of ether oxygens (including phenoxy) is 3. The largest absolute Gasteiger partial charge is 0.469 e. The van der Waals surface area contributed by atoms with Gasteiger partial charge in [-0.25, -0.2) is 4.79 Å². The van der Waals surface area contributed by atoms with Crippen LogP contribution in [0.1, 0.15) is 85.5 Å². The molecule has 4 fully saturated rings. The van der Waals surface area contributed by atoms with Crippen molar-refractivity contribution < 1.29 is 38.8 Å². The lowest BCUT2D eigenvalue weighted by Gasteiger charge is -2.63. The Labute approximate surface area is 232 Å². The smallest absolute Gasteiger partial charge is 0.407 e. The Kier molecular flexibility index (Phi) is 9.21. The summed E-state index contributed by atoms with van der Waals surface area (Å²) in [6, 6.07) is 0. The van der Waals surface area contributed by atoms with Crippen molar-refractivity contribution in [2.45, 2.75) is 104 Å². The van der Waals surface area contributed by atoms with Crippen LogP contribution in [0.3, 0.4) is 0 Å². The molecule has 222 valence electrons. The lowest BCUT2D eigenvalue weighted by molar-refractivity contribution is -0.209. The van der Waals surface area contributed by atoms with Gasteiger partial charge in [0.25, 0.3) is 0 Å². The third-order valence-electron chi connectivity index (χ3n) is 11.5. The van der Waals surface area contributed by atoms with Gasteiger partial charge in [0, 0.05) is 25.8 Å². The van der Waals surface area contributed by atoms with Crippen LogP contribution >= 0.6 is 0 Å². The number of esters is 2. The van der Waals surface area contributed by atoms with Crippen LogP contribution in [0.5, 0.6) is 0 Å². The second-order valence-electron chi connectivity index (χ2n) is 13.2. The van der Waals surface area contributed by atoms with Crippen LogP contribution in [0.4, 0.5) is 4.79 Å². The minimum absolute atomic E-state index is 0.0420. The predicted octanol–water partition coefficient (Wildman–Crippen LogP) is 3.83. The summed E-state index contributed by atoms with van der Waals surface area (Å²) in [4.78, 5) is 36.3. The standard InChI is InChI=1S/C30H49NO8/c1-17(6-9-26(35)37-5)21-7-8-22-27-23(16-25(34)30(21,22)4)29(3)11-10-20(38-18(2)33)14-19(29)15-24(27)39-28(36)31-12-13-32/h17,19-25,27,32,34H,6-16H2,1-5H3,(H,31,36)/t17-,19+,20-,21-,22+,23+,24-,25+,27+,29+,30-/m1/s1. The number of aliphatic hydroxyl groups is 2. The second-order valence-corrected chi connectivity index (χ2v) is 13.2. The summed E-state index contributed by atoms with van der Waals surface area (Å²) in [5.41, 5.74) is -0.377. The van der Waals surface area contributed by atoms with Crippen LogP contribution < -0.4 is 5.32 Å². The Balaban J connectivity index is 1.62. The summed E-state index contributed by atoms with van der Waals surface area (Å²) in [7, 11) is 1.42.